The van der Waals surface area contributed by atoms with Gasteiger partial charge in [-0.25, -0.2) is 25.0 Å². The summed E-state index contributed by atoms with van der Waals surface area (Å²) in [7, 11) is 1.26. The van der Waals surface area contributed by atoms with Crippen LogP contribution >= 0.6 is 0 Å². The summed E-state index contributed by atoms with van der Waals surface area (Å²) in [6, 6.07) is 38.5. The molecule has 2 aliphatic rings. The van der Waals surface area contributed by atoms with Crippen LogP contribution in [0.5, 0.6) is 0 Å². The number of rotatable bonds is 6. The molecule has 2 aliphatic heterocycles. The number of methoxy groups -OCH3 is 1. The number of likely N-dealkylation sites (tertiary alicyclic amines) is 2. The molecule has 12 heteroatoms. The molecule has 0 bridgehead atoms. The van der Waals surface area contributed by atoms with Gasteiger partial charge in [0.15, 0.2) is 0 Å². The predicted molar refractivity (Wildman–Crippen MR) is 215 cm³/mol. The van der Waals surface area contributed by atoms with Crippen molar-refractivity contribution in [2.45, 2.75) is 37.8 Å². The number of H-pyrrole nitrogens is 2. The van der Waals surface area contributed by atoms with Gasteiger partial charge in [0.2, 0.25) is 0 Å². The van der Waals surface area contributed by atoms with Crippen LogP contribution in [0.2, 0.25) is 0 Å². The first kappa shape index (κ1) is 34.8. The number of urea groups is 1. The molecule has 0 radical (unpaired) electrons. The van der Waals surface area contributed by atoms with Gasteiger partial charge in [0.25, 0.3) is 5.91 Å². The van der Waals surface area contributed by atoms with Crippen LogP contribution in [0.4, 0.5) is 15.3 Å². The van der Waals surface area contributed by atoms with Gasteiger partial charge in [0, 0.05) is 18.7 Å². The number of imidazole rings is 2. The lowest BCUT2D eigenvalue weighted by atomic mass is 10.00. The Kier molecular flexibility index (Phi) is 9.14. The minimum Gasteiger partial charge on any atom is -0.452 e. The molecule has 0 spiro atoms. The monoisotopic (exact) mass is 744 g/mol. The standard InChI is InChI=1S/C44H40N8O4/c1-56-43(54)49-52(33-12-6-3-7-13-33)44(55)51-25-9-15-39(51)41-46-35-23-21-32(27-37(35)48-41)29-18-16-28(17-19-29)31-20-22-34-36(26-31)47-40(45-34)38-14-8-24-50(38)42(53)30-10-4-2-5-11-30/h2-7,10-13,16-23,26-27,38-39H,8-9,14-15,24-25H2,1H3,(H,45,47)(H,46,48)(H,49,54)/t38-,39-/m0/s1. The predicted octanol–water partition coefficient (Wildman–Crippen LogP) is 8.79. The van der Waals surface area contributed by atoms with E-state index in [1.54, 1.807) is 29.2 Å². The van der Waals surface area contributed by atoms with Gasteiger partial charge >= 0.3 is 12.1 Å². The second-order valence-corrected chi connectivity index (χ2v) is 14.2. The highest BCUT2D eigenvalue weighted by atomic mass is 16.5. The zero-order valence-corrected chi connectivity index (χ0v) is 30.8. The van der Waals surface area contributed by atoms with Crippen molar-refractivity contribution in [3.63, 3.8) is 0 Å². The van der Waals surface area contributed by atoms with Gasteiger partial charge in [-0.15, -0.1) is 0 Å². The van der Waals surface area contributed by atoms with Crippen LogP contribution in [0.1, 0.15) is 59.8 Å². The molecule has 7 aromatic rings. The number of amides is 4. The number of carbonyl (C=O) groups is 3. The molecule has 280 valence electrons. The van der Waals surface area contributed by atoms with Crippen LogP contribution in [0.25, 0.3) is 44.3 Å². The molecular formula is C44H40N8O4. The lowest BCUT2D eigenvalue weighted by Gasteiger charge is -2.30. The summed E-state index contributed by atoms with van der Waals surface area (Å²) >= 11 is 0. The van der Waals surface area contributed by atoms with E-state index in [0.29, 0.717) is 30.2 Å². The number of para-hydroxylation sites is 1. The summed E-state index contributed by atoms with van der Waals surface area (Å²) in [4.78, 5) is 59.9. The van der Waals surface area contributed by atoms with Crippen LogP contribution < -0.4 is 10.4 Å². The number of benzene rings is 5. The number of fused-ring (bicyclic) bond motifs is 2. The Balaban J connectivity index is 0.920. The van der Waals surface area contributed by atoms with E-state index in [-0.39, 0.29) is 24.0 Å². The summed E-state index contributed by atoms with van der Waals surface area (Å²) in [5.41, 5.74) is 11.5. The highest BCUT2D eigenvalue weighted by Crippen LogP contribution is 2.36. The van der Waals surface area contributed by atoms with Crippen molar-refractivity contribution < 1.29 is 19.1 Å². The van der Waals surface area contributed by atoms with E-state index in [4.69, 9.17) is 14.7 Å². The molecule has 4 amide bonds. The summed E-state index contributed by atoms with van der Waals surface area (Å²) in [6.07, 6.45) is 2.62. The van der Waals surface area contributed by atoms with E-state index >= 15 is 0 Å². The van der Waals surface area contributed by atoms with Crippen molar-refractivity contribution in [1.82, 2.24) is 35.2 Å². The smallest absolute Gasteiger partial charge is 0.426 e. The van der Waals surface area contributed by atoms with Gasteiger partial charge in [-0.05, 0) is 96.5 Å². The van der Waals surface area contributed by atoms with Crippen LogP contribution in [0, 0.1) is 0 Å². The van der Waals surface area contributed by atoms with Crippen molar-refractivity contribution in [3.05, 3.63) is 139 Å². The number of carbonyl (C=O) groups excluding carboxylic acids is 3. The average molecular weight is 745 g/mol. The third kappa shape index (κ3) is 6.59. The molecule has 12 nitrogen and oxygen atoms in total. The Labute approximate surface area is 323 Å². The number of nitrogens with zero attached hydrogens (tertiary/aromatic N) is 5. The number of hydrogen-bond donors (Lipinski definition) is 3. The number of anilines is 1. The van der Waals surface area contributed by atoms with Gasteiger partial charge in [0.05, 0.1) is 46.9 Å². The molecule has 56 heavy (non-hydrogen) atoms. The molecular weight excluding hydrogens is 705 g/mol. The van der Waals surface area contributed by atoms with Gasteiger partial charge in [-0.3, -0.25) is 4.79 Å². The maximum Gasteiger partial charge on any atom is 0.426 e. The van der Waals surface area contributed by atoms with Crippen molar-refractivity contribution in [2.24, 2.45) is 0 Å². The highest BCUT2D eigenvalue weighted by Gasteiger charge is 2.36. The zero-order chi connectivity index (χ0) is 38.2. The van der Waals surface area contributed by atoms with Crippen molar-refractivity contribution >= 4 is 45.8 Å². The van der Waals surface area contributed by atoms with Crippen molar-refractivity contribution in [3.8, 4) is 22.3 Å². The quantitative estimate of drug-likeness (QED) is 0.146. The van der Waals surface area contributed by atoms with Gasteiger partial charge < -0.3 is 24.5 Å². The highest BCUT2D eigenvalue weighted by molar-refractivity contribution is 5.95. The molecule has 0 saturated carbocycles. The summed E-state index contributed by atoms with van der Waals surface area (Å²) < 4.78 is 4.80. The second kappa shape index (κ2) is 14.7. The SMILES string of the molecule is COC(=O)NN(C(=O)N1CCC[C@H]1c1nc2ccc(-c3ccc(-c4ccc5nc([C@@H]6CCCN6C(=O)c6ccccc6)[nH]c5c4)cc3)cc2[nH]1)c1ccccc1. The molecule has 9 rings (SSSR count). The first-order chi connectivity index (χ1) is 27.4. The van der Waals surface area contributed by atoms with Gasteiger partial charge in [0.1, 0.15) is 11.6 Å². The van der Waals surface area contributed by atoms with E-state index in [0.717, 1.165) is 75.8 Å². The van der Waals surface area contributed by atoms with E-state index in [1.807, 2.05) is 53.4 Å². The largest absolute Gasteiger partial charge is 0.452 e. The Hall–Kier alpha value is -6.95. The number of hydrazine groups is 1. The maximum absolute atomic E-state index is 13.9. The Morgan fingerprint density at radius 3 is 1.71 bits per heavy atom. The van der Waals surface area contributed by atoms with Crippen molar-refractivity contribution in [1.29, 1.82) is 0 Å². The third-order valence-electron chi connectivity index (χ3n) is 10.8. The minimum absolute atomic E-state index is 0.0378. The van der Waals surface area contributed by atoms with Gasteiger partial charge in [-0.1, -0.05) is 72.8 Å². The van der Waals surface area contributed by atoms with Crippen LogP contribution in [0.15, 0.2) is 121 Å². The molecule has 2 saturated heterocycles. The summed E-state index contributed by atoms with van der Waals surface area (Å²) in [5.74, 6) is 1.56. The third-order valence-corrected chi connectivity index (χ3v) is 10.8. The number of ether oxygens (including phenoxy) is 1. The number of nitrogens with one attached hydrogen (secondary N) is 3. The average Bonchev–Trinajstić information content (AvgIpc) is 4.08. The molecule has 2 fully saturated rings. The van der Waals surface area contributed by atoms with Crippen LogP contribution in [-0.2, 0) is 4.74 Å². The lowest BCUT2D eigenvalue weighted by molar-refractivity contribution is 0.0730. The Morgan fingerprint density at radius 1 is 0.661 bits per heavy atom. The number of aromatic nitrogens is 4. The lowest BCUT2D eigenvalue weighted by Crippen LogP contribution is -2.52. The molecule has 2 atom stereocenters. The number of hydrogen-bond acceptors (Lipinski definition) is 6. The molecule has 5 aromatic carbocycles. The van der Waals surface area contributed by atoms with Gasteiger partial charge in [-0.2, -0.15) is 5.01 Å². The molecule has 4 heterocycles. The molecule has 2 aromatic heterocycles. The first-order valence-corrected chi connectivity index (χ1v) is 18.9. The molecule has 3 N–H and O–H groups in total. The normalized spacial score (nSPS) is 16.7. The second-order valence-electron chi connectivity index (χ2n) is 14.2. The first-order valence-electron chi connectivity index (χ1n) is 18.9. The topological polar surface area (TPSA) is 140 Å². The minimum atomic E-state index is -0.736. The Morgan fingerprint density at radius 2 is 1.16 bits per heavy atom. The molecule has 0 unspecified atom stereocenters. The molecule has 0 aliphatic carbocycles. The fraction of sp³-hybridized carbons (Fsp3) is 0.205. The fourth-order valence-electron chi connectivity index (χ4n) is 7.97. The van der Waals surface area contributed by atoms with E-state index in [2.05, 4.69) is 63.9 Å². The van der Waals surface area contributed by atoms with Crippen molar-refractivity contribution in [2.75, 3.05) is 25.2 Å². The fourth-order valence-corrected chi connectivity index (χ4v) is 7.97. The zero-order valence-electron chi connectivity index (χ0n) is 30.8. The number of aromatic amines is 2. The van der Waals surface area contributed by atoms with Crippen LogP contribution in [-0.4, -0.2) is 68.0 Å². The summed E-state index contributed by atoms with van der Waals surface area (Å²) in [6.45, 7) is 1.24. The van der Waals surface area contributed by atoms with E-state index in [9.17, 15) is 14.4 Å². The van der Waals surface area contributed by atoms with E-state index in [1.165, 1.54) is 12.1 Å². The Bertz CT molecular complexity index is 2550. The maximum atomic E-state index is 13.9. The van der Waals surface area contributed by atoms with E-state index < -0.39 is 6.09 Å². The summed E-state index contributed by atoms with van der Waals surface area (Å²) in [5, 5.41) is 1.22. The van der Waals surface area contributed by atoms with Crippen LogP contribution in [0.3, 0.4) is 0 Å².